The predicted molar refractivity (Wildman–Crippen MR) is 157 cm³/mol. The van der Waals surface area contributed by atoms with Crippen molar-refractivity contribution in [2.75, 3.05) is 7.11 Å². The molecule has 0 radical (unpaired) electrons. The van der Waals surface area contributed by atoms with Crippen LogP contribution in [0.3, 0.4) is 0 Å². The Balaban J connectivity index is 1.68. The van der Waals surface area contributed by atoms with Gasteiger partial charge >= 0.3 is 5.97 Å². The monoisotopic (exact) mass is 565 g/mol. The lowest BCUT2D eigenvalue weighted by atomic mass is 9.87. The molecule has 5 aromatic rings. The number of carbonyl (C=O) groups excluding carboxylic acids is 1. The van der Waals surface area contributed by atoms with Crippen LogP contribution < -0.4 is 4.74 Å². The lowest BCUT2D eigenvalue weighted by Gasteiger charge is -2.25. The zero-order valence-electron chi connectivity index (χ0n) is 23.0. The van der Waals surface area contributed by atoms with Crippen LogP contribution in [0.25, 0.3) is 33.2 Å². The molecule has 0 amide bonds. The minimum absolute atomic E-state index is 0.0596. The third kappa shape index (κ3) is 5.35. The van der Waals surface area contributed by atoms with E-state index in [1.165, 1.54) is 43.5 Å². The molecule has 0 spiro atoms. The van der Waals surface area contributed by atoms with Gasteiger partial charge in [-0.05, 0) is 90.0 Å². The molecule has 1 aliphatic rings. The number of hydrogen-bond acceptors (Lipinski definition) is 5. The fourth-order valence-electron chi connectivity index (χ4n) is 5.66. The first-order valence-electron chi connectivity index (χ1n) is 13.9. The number of hydrogen-bond donors (Lipinski definition) is 1. The quantitative estimate of drug-likeness (QED) is 0.202. The van der Waals surface area contributed by atoms with Gasteiger partial charge in [0.1, 0.15) is 23.8 Å². The minimum Gasteiger partial charge on any atom is -0.474 e. The van der Waals surface area contributed by atoms with Crippen molar-refractivity contribution in [1.29, 1.82) is 0 Å². The van der Waals surface area contributed by atoms with Gasteiger partial charge in [0.15, 0.2) is 0 Å². The molecular weight excluding hydrogens is 536 g/mol. The van der Waals surface area contributed by atoms with Crippen molar-refractivity contribution in [1.82, 2.24) is 4.98 Å². The molecule has 1 N–H and O–H groups in total. The second kappa shape index (κ2) is 11.7. The van der Waals surface area contributed by atoms with Crippen molar-refractivity contribution in [2.24, 2.45) is 0 Å². The molecule has 1 saturated carbocycles. The Morgan fingerprint density at radius 3 is 2.12 bits per heavy atom. The van der Waals surface area contributed by atoms with Gasteiger partial charge in [0.2, 0.25) is 5.88 Å². The molecule has 1 aliphatic carbocycles. The van der Waals surface area contributed by atoms with Gasteiger partial charge in [-0.1, -0.05) is 48.5 Å². The molecule has 42 heavy (non-hydrogen) atoms. The summed E-state index contributed by atoms with van der Waals surface area (Å²) in [7, 11) is 1.26. The van der Waals surface area contributed by atoms with Crippen LogP contribution in [0.15, 0.2) is 91.0 Å². The van der Waals surface area contributed by atoms with Gasteiger partial charge in [0.05, 0.1) is 23.9 Å². The second-order valence-corrected chi connectivity index (χ2v) is 10.5. The van der Waals surface area contributed by atoms with E-state index < -0.39 is 23.7 Å². The van der Waals surface area contributed by atoms with E-state index in [0.717, 1.165) is 36.5 Å². The van der Waals surface area contributed by atoms with Crippen LogP contribution in [0.1, 0.15) is 53.3 Å². The van der Waals surface area contributed by atoms with E-state index in [-0.39, 0.29) is 28.8 Å². The number of aliphatic hydroxyl groups is 1. The normalized spacial score (nSPS) is 14.2. The van der Waals surface area contributed by atoms with E-state index >= 15 is 0 Å². The zero-order chi connectivity index (χ0) is 29.2. The number of halogens is 2. The Labute approximate surface area is 242 Å². The SMILES string of the molecule is COC(=O)c1c(-c2ccc(F)cc2)nc(OC2CCCC2)c(C(O)c2ccc3ccccc3c2)c1-c1ccc(F)cc1. The van der Waals surface area contributed by atoms with Crippen molar-refractivity contribution in [2.45, 2.75) is 37.9 Å². The van der Waals surface area contributed by atoms with E-state index in [2.05, 4.69) is 0 Å². The number of ether oxygens (including phenoxy) is 2. The first-order valence-corrected chi connectivity index (χ1v) is 13.9. The molecule has 1 atom stereocenters. The number of fused-ring (bicyclic) bond motifs is 1. The number of nitrogens with zero attached hydrogens (tertiary/aromatic N) is 1. The summed E-state index contributed by atoms with van der Waals surface area (Å²) in [5, 5.41) is 14.0. The molecule has 0 aliphatic heterocycles. The molecule has 1 unspecified atom stereocenters. The standard InChI is InChI=1S/C35H29F2NO4/c1-41-35(40)30-29(22-12-16-26(36)17-13-22)31(33(39)25-11-10-21-6-2-3-7-24(21)20-25)34(42-28-8-4-5-9-28)38-32(30)23-14-18-27(37)19-15-23/h2-3,6-7,10-20,28,33,39H,4-5,8-9H2,1H3. The highest BCUT2D eigenvalue weighted by Crippen LogP contribution is 2.45. The molecule has 7 heteroatoms. The van der Waals surface area contributed by atoms with Crippen LogP contribution >= 0.6 is 0 Å². The van der Waals surface area contributed by atoms with Crippen molar-refractivity contribution in [3.05, 3.63) is 119 Å². The average molecular weight is 566 g/mol. The number of benzene rings is 4. The zero-order valence-corrected chi connectivity index (χ0v) is 23.0. The highest BCUT2D eigenvalue weighted by Gasteiger charge is 2.33. The number of rotatable bonds is 7. The lowest BCUT2D eigenvalue weighted by molar-refractivity contribution is 0.0601. The maximum absolute atomic E-state index is 14.1. The third-order valence-electron chi connectivity index (χ3n) is 7.78. The van der Waals surface area contributed by atoms with Gasteiger partial charge in [0, 0.05) is 11.1 Å². The van der Waals surface area contributed by atoms with Gasteiger partial charge in [-0.3, -0.25) is 0 Å². The fourth-order valence-corrected chi connectivity index (χ4v) is 5.66. The Morgan fingerprint density at radius 2 is 1.48 bits per heavy atom. The summed E-state index contributed by atoms with van der Waals surface area (Å²) >= 11 is 0. The highest BCUT2D eigenvalue weighted by atomic mass is 19.1. The number of carbonyl (C=O) groups is 1. The summed E-state index contributed by atoms with van der Waals surface area (Å²) in [6.45, 7) is 0. The number of esters is 1. The van der Waals surface area contributed by atoms with Crippen LogP contribution in [-0.2, 0) is 4.74 Å². The van der Waals surface area contributed by atoms with Crippen LogP contribution in [0, 0.1) is 11.6 Å². The molecule has 0 bridgehead atoms. The first kappa shape index (κ1) is 27.5. The van der Waals surface area contributed by atoms with E-state index in [4.69, 9.17) is 14.5 Å². The molecule has 1 heterocycles. The lowest BCUT2D eigenvalue weighted by Crippen LogP contribution is -2.19. The molecule has 0 saturated heterocycles. The van der Waals surface area contributed by atoms with E-state index in [1.54, 1.807) is 12.1 Å². The highest BCUT2D eigenvalue weighted by molar-refractivity contribution is 6.04. The summed E-state index contributed by atoms with van der Waals surface area (Å²) in [5.74, 6) is -1.44. The van der Waals surface area contributed by atoms with Gasteiger partial charge in [0.25, 0.3) is 0 Å². The number of pyridine rings is 1. The molecular formula is C35H29F2NO4. The molecule has 212 valence electrons. The molecule has 4 aromatic carbocycles. The van der Waals surface area contributed by atoms with Crippen molar-refractivity contribution < 1.29 is 28.2 Å². The van der Waals surface area contributed by atoms with Crippen molar-refractivity contribution in [3.63, 3.8) is 0 Å². The molecule has 6 rings (SSSR count). The fraction of sp³-hybridized carbons (Fsp3) is 0.200. The van der Waals surface area contributed by atoms with Crippen LogP contribution in [0.2, 0.25) is 0 Å². The summed E-state index contributed by atoms with van der Waals surface area (Å²) in [5.41, 5.74) is 2.35. The molecule has 5 nitrogen and oxygen atoms in total. The third-order valence-corrected chi connectivity index (χ3v) is 7.78. The Morgan fingerprint density at radius 1 is 0.857 bits per heavy atom. The van der Waals surface area contributed by atoms with E-state index in [0.29, 0.717) is 22.3 Å². The summed E-state index contributed by atoms with van der Waals surface area (Å²) in [6.07, 6.45) is 2.26. The van der Waals surface area contributed by atoms with Crippen LogP contribution in [0.4, 0.5) is 8.78 Å². The summed E-state index contributed by atoms with van der Waals surface area (Å²) < 4.78 is 39.8. The maximum Gasteiger partial charge on any atom is 0.340 e. The average Bonchev–Trinajstić information content (AvgIpc) is 3.53. The first-order chi connectivity index (χ1) is 20.4. The Kier molecular flexibility index (Phi) is 7.68. The van der Waals surface area contributed by atoms with Crippen LogP contribution in [0.5, 0.6) is 5.88 Å². The van der Waals surface area contributed by atoms with Gasteiger partial charge in [-0.25, -0.2) is 18.6 Å². The van der Waals surface area contributed by atoms with Gasteiger partial charge in [-0.15, -0.1) is 0 Å². The molecule has 1 fully saturated rings. The van der Waals surface area contributed by atoms with E-state index in [1.807, 2.05) is 42.5 Å². The van der Waals surface area contributed by atoms with Crippen molar-refractivity contribution >= 4 is 16.7 Å². The topological polar surface area (TPSA) is 68.7 Å². The summed E-state index contributed by atoms with van der Waals surface area (Å²) in [4.78, 5) is 18.4. The summed E-state index contributed by atoms with van der Waals surface area (Å²) in [6, 6.07) is 24.7. The maximum atomic E-state index is 14.1. The van der Waals surface area contributed by atoms with E-state index in [9.17, 15) is 18.7 Å². The predicted octanol–water partition coefficient (Wildman–Crippen LogP) is 8.04. The van der Waals surface area contributed by atoms with Crippen molar-refractivity contribution in [3.8, 4) is 28.3 Å². The Hall–Kier alpha value is -4.62. The van der Waals surface area contributed by atoms with Crippen LogP contribution in [-0.4, -0.2) is 29.3 Å². The number of methoxy groups -OCH3 is 1. The molecule has 1 aromatic heterocycles. The Bertz CT molecular complexity index is 1750. The second-order valence-electron chi connectivity index (χ2n) is 10.5. The largest absolute Gasteiger partial charge is 0.474 e. The number of aliphatic hydroxyl groups excluding tert-OH is 1. The minimum atomic E-state index is -1.26. The van der Waals surface area contributed by atoms with Gasteiger partial charge in [-0.2, -0.15) is 0 Å². The van der Waals surface area contributed by atoms with Gasteiger partial charge < -0.3 is 14.6 Å². The smallest absolute Gasteiger partial charge is 0.340 e. The number of aromatic nitrogens is 1.